The summed E-state index contributed by atoms with van der Waals surface area (Å²) < 4.78 is 34.5. The van der Waals surface area contributed by atoms with Crippen LogP contribution in [-0.4, -0.2) is 11.0 Å². The molecule has 1 nitrogen and oxygen atoms in total. The lowest BCUT2D eigenvalue weighted by molar-refractivity contribution is -0.177. The summed E-state index contributed by atoms with van der Waals surface area (Å²) >= 11 is 6.29. The van der Waals surface area contributed by atoms with Gasteiger partial charge in [0.15, 0.2) is 0 Å². The van der Waals surface area contributed by atoms with E-state index < -0.39 is 11.0 Å². The predicted molar refractivity (Wildman–Crippen MR) is 96.0 cm³/mol. The zero-order valence-electron chi connectivity index (χ0n) is 14.7. The molecule has 0 aromatic heterocycles. The molecule has 24 heavy (non-hydrogen) atoms. The Kier molecular flexibility index (Phi) is 4.96. The first-order chi connectivity index (χ1) is 10.9. The predicted octanol–water partition coefficient (Wildman–Crippen LogP) is 6.46. The third-order valence-corrected chi connectivity index (χ3v) is 3.90. The van der Waals surface area contributed by atoms with E-state index in [4.69, 9.17) is 16.3 Å². The maximum atomic E-state index is 14.7. The van der Waals surface area contributed by atoms with Gasteiger partial charge < -0.3 is 4.74 Å². The van der Waals surface area contributed by atoms with Gasteiger partial charge in [0, 0.05) is 5.41 Å². The van der Waals surface area contributed by atoms with Crippen LogP contribution in [0.5, 0.6) is 0 Å². The van der Waals surface area contributed by atoms with Crippen molar-refractivity contribution in [1.82, 2.24) is 0 Å². The van der Waals surface area contributed by atoms with Gasteiger partial charge in [0.2, 0.25) is 0 Å². The Hall–Kier alpha value is -1.61. The van der Waals surface area contributed by atoms with Crippen molar-refractivity contribution in [2.45, 2.75) is 45.6 Å². The highest BCUT2D eigenvalue weighted by Gasteiger charge is 2.38. The molecule has 2 aliphatic rings. The number of rotatable bonds is 3. The van der Waals surface area contributed by atoms with Crippen molar-refractivity contribution in [1.29, 1.82) is 0 Å². The molecule has 4 heteroatoms. The van der Waals surface area contributed by atoms with E-state index in [0.717, 1.165) is 11.1 Å². The molecule has 2 aliphatic carbocycles. The van der Waals surface area contributed by atoms with Crippen LogP contribution in [0.15, 0.2) is 71.1 Å². The van der Waals surface area contributed by atoms with Gasteiger partial charge >= 0.3 is 6.11 Å². The largest absolute Gasteiger partial charge is 0.429 e. The normalized spacial score (nSPS) is 26.7. The van der Waals surface area contributed by atoms with Crippen LogP contribution in [0.4, 0.5) is 8.78 Å². The highest BCUT2D eigenvalue weighted by Crippen LogP contribution is 2.37. The molecule has 0 saturated heterocycles. The van der Waals surface area contributed by atoms with Crippen molar-refractivity contribution in [2.75, 3.05) is 0 Å². The second-order valence-corrected chi connectivity index (χ2v) is 8.00. The lowest BCUT2D eigenvalue weighted by Crippen LogP contribution is -2.25. The Morgan fingerprint density at radius 2 is 1.46 bits per heavy atom. The maximum Gasteiger partial charge on any atom is 0.426 e. The van der Waals surface area contributed by atoms with Crippen molar-refractivity contribution in [3.05, 3.63) is 71.1 Å². The van der Waals surface area contributed by atoms with Crippen LogP contribution in [-0.2, 0) is 4.74 Å². The lowest BCUT2D eigenvalue weighted by atomic mass is 9.91. The van der Waals surface area contributed by atoms with Gasteiger partial charge in [-0.3, -0.25) is 0 Å². The fraction of sp³-hybridized carbons (Fsp3) is 0.400. The fourth-order valence-corrected chi connectivity index (χ4v) is 3.15. The number of halogens is 3. The van der Waals surface area contributed by atoms with Gasteiger partial charge in [-0.25, -0.2) is 0 Å². The highest BCUT2D eigenvalue weighted by molar-refractivity contribution is 6.26. The van der Waals surface area contributed by atoms with E-state index >= 15 is 0 Å². The number of hydrogen-bond donors (Lipinski definition) is 0. The minimum Gasteiger partial charge on any atom is -0.429 e. The number of ether oxygens (including phenoxy) is 1. The highest BCUT2D eigenvalue weighted by atomic mass is 35.5. The molecule has 0 N–H and O–H groups in total. The van der Waals surface area contributed by atoms with E-state index in [0.29, 0.717) is 0 Å². The third-order valence-electron chi connectivity index (χ3n) is 3.68. The monoisotopic (exact) mass is 352 g/mol. The van der Waals surface area contributed by atoms with Gasteiger partial charge in [0.05, 0.1) is 10.4 Å². The van der Waals surface area contributed by atoms with Gasteiger partial charge in [-0.2, -0.15) is 8.78 Å². The summed E-state index contributed by atoms with van der Waals surface area (Å²) in [5.74, 6) is 0.137. The Labute approximate surface area is 147 Å². The SMILES string of the molecule is CC1=CC(C)(C)C=C(OC(F)(F)C2=CC(C)(Cl)C=C(C)C=C2)C=C1. The molecule has 130 valence electrons. The summed E-state index contributed by atoms with van der Waals surface area (Å²) in [5.41, 5.74) is 1.20. The van der Waals surface area contributed by atoms with E-state index in [-0.39, 0.29) is 16.7 Å². The molecule has 0 radical (unpaired) electrons. The van der Waals surface area contributed by atoms with Crippen molar-refractivity contribution < 1.29 is 13.5 Å². The molecule has 0 saturated carbocycles. The fourth-order valence-electron chi connectivity index (χ4n) is 2.86. The number of hydrogen-bond acceptors (Lipinski definition) is 1. The molecule has 1 unspecified atom stereocenters. The molecule has 2 rings (SSSR count). The zero-order chi connectivity index (χ0) is 18.2. The molecular formula is C20H23ClF2O. The van der Waals surface area contributed by atoms with Crippen LogP contribution in [0.1, 0.15) is 34.6 Å². The molecule has 0 fully saturated rings. The summed E-state index contributed by atoms with van der Waals surface area (Å²) in [6.07, 6.45) is 9.59. The van der Waals surface area contributed by atoms with Gasteiger partial charge in [0.1, 0.15) is 5.76 Å². The third kappa shape index (κ3) is 4.94. The van der Waals surface area contributed by atoms with Crippen LogP contribution in [0.25, 0.3) is 0 Å². The topological polar surface area (TPSA) is 9.23 Å². The van der Waals surface area contributed by atoms with Crippen molar-refractivity contribution >= 4 is 11.6 Å². The van der Waals surface area contributed by atoms with Crippen molar-refractivity contribution in [2.24, 2.45) is 5.41 Å². The molecule has 0 aromatic rings. The zero-order valence-corrected chi connectivity index (χ0v) is 15.4. The minimum atomic E-state index is -3.48. The molecule has 0 aromatic carbocycles. The Bertz CT molecular complexity index is 701. The minimum absolute atomic E-state index is 0.137. The second-order valence-electron chi connectivity index (χ2n) is 7.18. The van der Waals surface area contributed by atoms with Crippen LogP contribution < -0.4 is 0 Å². The first-order valence-corrected chi connectivity index (χ1v) is 8.23. The molecule has 0 amide bonds. The van der Waals surface area contributed by atoms with Gasteiger partial charge in [0.25, 0.3) is 0 Å². The summed E-state index contributed by atoms with van der Waals surface area (Å²) in [7, 11) is 0. The van der Waals surface area contributed by atoms with E-state index in [1.54, 1.807) is 37.3 Å². The molecule has 0 bridgehead atoms. The van der Waals surface area contributed by atoms with E-state index in [1.807, 2.05) is 33.8 Å². The Morgan fingerprint density at radius 3 is 2.12 bits per heavy atom. The number of alkyl halides is 3. The molecule has 0 spiro atoms. The average molecular weight is 353 g/mol. The quantitative estimate of drug-likeness (QED) is 0.529. The molecule has 0 heterocycles. The summed E-state index contributed by atoms with van der Waals surface area (Å²) in [4.78, 5) is -0.985. The van der Waals surface area contributed by atoms with Crippen molar-refractivity contribution in [3.8, 4) is 0 Å². The lowest BCUT2D eigenvalue weighted by Gasteiger charge is -2.23. The summed E-state index contributed by atoms with van der Waals surface area (Å²) in [6.45, 7) is 9.30. The standard InChI is InChI=1S/C20H23ClF2O/c1-14-7-9-17(13-18(3,4)10-14)24-20(22,23)16-8-6-15(2)11-19(5,21)12-16/h6-13H,1-5H3. The first-order valence-electron chi connectivity index (χ1n) is 7.86. The van der Waals surface area contributed by atoms with Gasteiger partial charge in [-0.05, 0) is 45.1 Å². The van der Waals surface area contributed by atoms with Crippen LogP contribution >= 0.6 is 11.6 Å². The second kappa shape index (κ2) is 6.36. The smallest absolute Gasteiger partial charge is 0.426 e. The van der Waals surface area contributed by atoms with Gasteiger partial charge in [-0.1, -0.05) is 49.3 Å². The van der Waals surface area contributed by atoms with Crippen LogP contribution in [0.2, 0.25) is 0 Å². The van der Waals surface area contributed by atoms with Gasteiger partial charge in [-0.15, -0.1) is 11.6 Å². The first kappa shape index (κ1) is 18.7. The average Bonchev–Trinajstić information content (AvgIpc) is 2.59. The van der Waals surface area contributed by atoms with E-state index in [2.05, 4.69) is 0 Å². The van der Waals surface area contributed by atoms with Crippen LogP contribution in [0, 0.1) is 5.41 Å². The van der Waals surface area contributed by atoms with E-state index in [9.17, 15) is 8.78 Å². The van der Waals surface area contributed by atoms with Crippen molar-refractivity contribution in [3.63, 3.8) is 0 Å². The Morgan fingerprint density at radius 1 is 0.875 bits per heavy atom. The number of allylic oxidation sites excluding steroid dienone is 9. The van der Waals surface area contributed by atoms with E-state index in [1.165, 1.54) is 12.2 Å². The van der Waals surface area contributed by atoms with Crippen LogP contribution in [0.3, 0.4) is 0 Å². The summed E-state index contributed by atoms with van der Waals surface area (Å²) in [6, 6.07) is 0. The molecule has 0 aliphatic heterocycles. The molecule has 1 atom stereocenters. The summed E-state index contributed by atoms with van der Waals surface area (Å²) in [5, 5.41) is 0. The Balaban J connectivity index is 2.32. The molecular weight excluding hydrogens is 330 g/mol. The maximum absolute atomic E-state index is 14.7.